The summed E-state index contributed by atoms with van der Waals surface area (Å²) < 4.78 is 19.2. The topological polar surface area (TPSA) is 48.0 Å². The summed E-state index contributed by atoms with van der Waals surface area (Å²) in [5, 5.41) is 0. The zero-order valence-corrected chi connectivity index (χ0v) is 23.0. The lowest BCUT2D eigenvalue weighted by Gasteiger charge is -2.17. The Kier molecular flexibility index (Phi) is 7.98. The first-order valence-electron chi connectivity index (χ1n) is 10.1. The number of hydrogen-bond acceptors (Lipinski definition) is 6. The lowest BCUT2D eigenvalue weighted by atomic mass is 10.1. The molecule has 0 spiro atoms. The van der Waals surface area contributed by atoms with Crippen LogP contribution in [0.15, 0.2) is 74.5 Å². The fourth-order valence-corrected chi connectivity index (χ4v) is 5.46. The Morgan fingerprint density at radius 3 is 2.41 bits per heavy atom. The van der Waals surface area contributed by atoms with E-state index in [0.717, 1.165) is 20.1 Å². The zero-order chi connectivity index (χ0) is 24.2. The van der Waals surface area contributed by atoms with E-state index >= 15 is 0 Å². The van der Waals surface area contributed by atoms with Gasteiger partial charge in [0.1, 0.15) is 12.4 Å². The lowest BCUT2D eigenvalue weighted by Crippen LogP contribution is -2.27. The van der Waals surface area contributed by atoms with Gasteiger partial charge in [-0.2, -0.15) is 0 Å². The number of anilines is 1. The highest BCUT2D eigenvalue weighted by Crippen LogP contribution is 2.42. The quantitative estimate of drug-likeness (QED) is 0.205. The van der Waals surface area contributed by atoms with Gasteiger partial charge in [0.25, 0.3) is 5.91 Å². The number of thiocarbonyl (C=S) groups is 1. The molecule has 0 N–H and O–H groups in total. The van der Waals surface area contributed by atoms with E-state index in [9.17, 15) is 4.79 Å². The Bertz CT molecular complexity index is 1280. The Labute approximate surface area is 224 Å². The van der Waals surface area contributed by atoms with Gasteiger partial charge in [0.2, 0.25) is 0 Å². The number of benzene rings is 3. The van der Waals surface area contributed by atoms with E-state index in [-0.39, 0.29) is 5.91 Å². The minimum atomic E-state index is -0.204. The number of ether oxygens (including phenoxy) is 3. The fourth-order valence-electron chi connectivity index (χ4n) is 3.34. The van der Waals surface area contributed by atoms with Gasteiger partial charge in [-0.25, -0.2) is 0 Å². The molecule has 0 bridgehead atoms. The molecule has 0 aliphatic carbocycles. The molecular formula is C25H19Br2NO4S2. The molecule has 1 fully saturated rings. The van der Waals surface area contributed by atoms with Crippen LogP contribution >= 0.6 is 55.8 Å². The van der Waals surface area contributed by atoms with Crippen molar-refractivity contribution in [2.45, 2.75) is 6.61 Å². The second kappa shape index (κ2) is 10.9. The van der Waals surface area contributed by atoms with Crippen molar-refractivity contribution in [2.24, 2.45) is 0 Å². The molecule has 0 saturated carbocycles. The maximum absolute atomic E-state index is 13.2. The normalized spacial score (nSPS) is 14.6. The average molecular weight is 621 g/mol. The van der Waals surface area contributed by atoms with E-state index in [1.54, 1.807) is 26.4 Å². The van der Waals surface area contributed by atoms with Crippen molar-refractivity contribution in [2.75, 3.05) is 19.1 Å². The lowest BCUT2D eigenvalue weighted by molar-refractivity contribution is -0.113. The van der Waals surface area contributed by atoms with Crippen LogP contribution in [0.2, 0.25) is 0 Å². The molecule has 1 amide bonds. The molecule has 0 atom stereocenters. The number of nitrogens with zero attached hydrogens (tertiary/aromatic N) is 1. The minimum Gasteiger partial charge on any atom is -0.495 e. The van der Waals surface area contributed by atoms with Gasteiger partial charge in [0, 0.05) is 4.47 Å². The highest BCUT2D eigenvalue weighted by atomic mass is 79.9. The van der Waals surface area contributed by atoms with Gasteiger partial charge < -0.3 is 14.2 Å². The molecule has 1 aliphatic rings. The number of halogens is 2. The van der Waals surface area contributed by atoms with E-state index in [4.69, 9.17) is 26.4 Å². The molecule has 3 aromatic rings. The van der Waals surface area contributed by atoms with Crippen molar-refractivity contribution in [1.29, 1.82) is 0 Å². The van der Waals surface area contributed by atoms with Crippen molar-refractivity contribution >= 4 is 77.8 Å². The molecule has 174 valence electrons. The number of methoxy groups -OCH3 is 2. The Hall–Kier alpha value is -2.33. The second-order valence-corrected chi connectivity index (χ2v) is 10.6. The van der Waals surface area contributed by atoms with Crippen LogP contribution in [0.4, 0.5) is 5.69 Å². The van der Waals surface area contributed by atoms with Gasteiger partial charge >= 0.3 is 0 Å². The van der Waals surface area contributed by atoms with Gasteiger partial charge in [0.05, 0.1) is 29.3 Å². The van der Waals surface area contributed by atoms with Crippen LogP contribution in [0.25, 0.3) is 6.08 Å². The molecule has 0 unspecified atom stereocenters. The van der Waals surface area contributed by atoms with E-state index in [1.165, 1.54) is 16.7 Å². The molecule has 3 aromatic carbocycles. The number of hydrogen-bond donors (Lipinski definition) is 0. The standard InChI is InChI=1S/C25H19Br2NO4S2/c1-30-20-6-4-3-5-19(20)28-24(29)22(34-25(28)33)13-16-11-18(27)23(21(12-16)31-2)32-14-15-7-9-17(26)10-8-15/h3-13H,14H2,1-2H3. The minimum absolute atomic E-state index is 0.204. The van der Waals surface area contributed by atoms with Crippen LogP contribution < -0.4 is 19.1 Å². The summed E-state index contributed by atoms with van der Waals surface area (Å²) in [7, 11) is 3.15. The maximum Gasteiger partial charge on any atom is 0.270 e. The van der Waals surface area contributed by atoms with Crippen LogP contribution in [-0.2, 0) is 11.4 Å². The number of thioether (sulfide) groups is 1. The van der Waals surface area contributed by atoms with E-state index in [2.05, 4.69) is 31.9 Å². The molecule has 0 radical (unpaired) electrons. The van der Waals surface area contributed by atoms with Gasteiger partial charge in [-0.15, -0.1) is 0 Å². The molecule has 5 nitrogen and oxygen atoms in total. The first-order chi connectivity index (χ1) is 16.4. The number of amides is 1. The molecule has 1 heterocycles. The summed E-state index contributed by atoms with van der Waals surface area (Å²) in [6.45, 7) is 0.388. The van der Waals surface area contributed by atoms with Crippen molar-refractivity contribution < 1.29 is 19.0 Å². The van der Waals surface area contributed by atoms with Crippen molar-refractivity contribution in [3.8, 4) is 17.2 Å². The Morgan fingerprint density at radius 1 is 1.00 bits per heavy atom. The summed E-state index contributed by atoms with van der Waals surface area (Å²) in [6, 6.07) is 18.9. The van der Waals surface area contributed by atoms with E-state index < -0.39 is 0 Å². The third kappa shape index (κ3) is 5.33. The predicted octanol–water partition coefficient (Wildman–Crippen LogP) is 7.21. The van der Waals surface area contributed by atoms with Crippen LogP contribution in [0.5, 0.6) is 17.2 Å². The smallest absolute Gasteiger partial charge is 0.270 e. The number of carbonyl (C=O) groups is 1. The van der Waals surface area contributed by atoms with Crippen molar-refractivity contribution in [3.63, 3.8) is 0 Å². The summed E-state index contributed by atoms with van der Waals surface area (Å²) in [4.78, 5) is 15.2. The van der Waals surface area contributed by atoms with Crippen molar-refractivity contribution in [1.82, 2.24) is 0 Å². The van der Waals surface area contributed by atoms with Crippen LogP contribution in [0.3, 0.4) is 0 Å². The predicted molar refractivity (Wildman–Crippen MR) is 148 cm³/mol. The van der Waals surface area contributed by atoms with Crippen LogP contribution in [0.1, 0.15) is 11.1 Å². The van der Waals surface area contributed by atoms with Gasteiger partial charge in [-0.1, -0.05) is 64.2 Å². The van der Waals surface area contributed by atoms with Gasteiger partial charge in [-0.3, -0.25) is 9.69 Å². The van der Waals surface area contributed by atoms with Crippen LogP contribution in [-0.4, -0.2) is 24.4 Å². The highest BCUT2D eigenvalue weighted by molar-refractivity contribution is 9.10. The van der Waals surface area contributed by atoms with E-state index in [1.807, 2.05) is 54.6 Å². The first-order valence-corrected chi connectivity index (χ1v) is 12.9. The molecule has 4 rings (SSSR count). The van der Waals surface area contributed by atoms with Crippen molar-refractivity contribution in [3.05, 3.63) is 85.6 Å². The summed E-state index contributed by atoms with van der Waals surface area (Å²) in [5.41, 5.74) is 2.42. The van der Waals surface area contributed by atoms with E-state index in [0.29, 0.717) is 38.8 Å². The maximum atomic E-state index is 13.2. The number of carbonyl (C=O) groups excluding carboxylic acids is 1. The van der Waals surface area contributed by atoms with Gasteiger partial charge in [-0.05, 0) is 69.5 Å². The van der Waals surface area contributed by atoms with Crippen LogP contribution in [0, 0.1) is 0 Å². The first kappa shape index (κ1) is 24.8. The number of rotatable bonds is 7. The van der Waals surface area contributed by atoms with Gasteiger partial charge in [0.15, 0.2) is 15.8 Å². The monoisotopic (exact) mass is 619 g/mol. The summed E-state index contributed by atoms with van der Waals surface area (Å²) in [5.74, 6) is 1.52. The average Bonchev–Trinajstić information content (AvgIpc) is 3.11. The molecule has 9 heteroatoms. The molecular weight excluding hydrogens is 602 g/mol. The number of para-hydroxylation sites is 2. The third-order valence-corrected chi connectivity index (χ3v) is 7.39. The largest absolute Gasteiger partial charge is 0.495 e. The fraction of sp³-hybridized carbons (Fsp3) is 0.120. The summed E-state index contributed by atoms with van der Waals surface area (Å²) in [6.07, 6.45) is 1.79. The molecule has 1 saturated heterocycles. The highest BCUT2D eigenvalue weighted by Gasteiger charge is 2.35. The zero-order valence-electron chi connectivity index (χ0n) is 18.2. The molecule has 34 heavy (non-hydrogen) atoms. The molecule has 1 aliphatic heterocycles. The Balaban J connectivity index is 1.59. The summed E-state index contributed by atoms with van der Waals surface area (Å²) >= 11 is 13.8. The Morgan fingerprint density at radius 2 is 1.71 bits per heavy atom. The third-order valence-electron chi connectivity index (χ3n) is 4.97. The molecule has 0 aromatic heterocycles. The second-order valence-electron chi connectivity index (χ2n) is 7.14. The SMILES string of the molecule is COc1ccccc1N1C(=O)C(=Cc2cc(Br)c(OCc3ccc(Br)cc3)c(OC)c2)SC1=S.